The van der Waals surface area contributed by atoms with Gasteiger partial charge in [0, 0.05) is 7.05 Å². The Balaban J connectivity index is 2.48. The molecule has 0 saturated heterocycles. The summed E-state index contributed by atoms with van der Waals surface area (Å²) in [6, 6.07) is 15.2. The van der Waals surface area contributed by atoms with E-state index in [0.717, 1.165) is 6.08 Å². The van der Waals surface area contributed by atoms with Crippen molar-refractivity contribution in [1.29, 1.82) is 0 Å². The number of rotatable bonds is 5. The number of anilines is 1. The van der Waals surface area contributed by atoms with Gasteiger partial charge in [0.15, 0.2) is 0 Å². The summed E-state index contributed by atoms with van der Waals surface area (Å²) >= 11 is 5.27. The van der Waals surface area contributed by atoms with Crippen molar-refractivity contribution in [3.63, 3.8) is 0 Å². The van der Waals surface area contributed by atoms with Gasteiger partial charge in [-0.1, -0.05) is 36.4 Å². The van der Waals surface area contributed by atoms with E-state index < -0.39 is 15.3 Å². The molecule has 0 fully saturated rings. The van der Waals surface area contributed by atoms with E-state index in [4.69, 9.17) is 11.6 Å². The van der Waals surface area contributed by atoms with Crippen molar-refractivity contribution < 1.29 is 13.2 Å². The molecule has 0 aliphatic rings. The first-order valence-corrected chi connectivity index (χ1v) is 8.25. The lowest BCUT2D eigenvalue weighted by Crippen LogP contribution is -2.27. The molecule has 114 valence electrons. The molecule has 0 heterocycles. The van der Waals surface area contributed by atoms with Crippen LogP contribution in [0.3, 0.4) is 0 Å². The summed E-state index contributed by atoms with van der Waals surface area (Å²) in [5, 5.41) is -0.663. The molecule has 6 heteroatoms. The van der Waals surface area contributed by atoms with Crippen LogP contribution in [0.5, 0.6) is 0 Å². The zero-order chi connectivity index (χ0) is 16.2. The van der Waals surface area contributed by atoms with E-state index in [1.54, 1.807) is 42.5 Å². The second kappa shape index (κ2) is 6.77. The van der Waals surface area contributed by atoms with Gasteiger partial charge in [0.1, 0.15) is 0 Å². The zero-order valence-corrected chi connectivity index (χ0v) is 13.4. The number of sulfonamides is 1. The number of carbonyl (C=O) groups is 1. The lowest BCUT2D eigenvalue weighted by atomic mass is 10.2. The molecule has 0 radical (unpaired) electrons. The second-order valence-electron chi connectivity index (χ2n) is 4.48. The number of nitrogens with zero attached hydrogens (tertiary/aromatic N) is 1. The Hall–Kier alpha value is -2.11. The molecular formula is C16H14ClNO3S. The average molecular weight is 336 g/mol. The van der Waals surface area contributed by atoms with E-state index in [2.05, 4.69) is 0 Å². The largest absolute Gasteiger partial charge is 0.276 e. The third-order valence-electron chi connectivity index (χ3n) is 3.07. The Morgan fingerprint density at radius 1 is 1.05 bits per heavy atom. The molecule has 0 aromatic heterocycles. The van der Waals surface area contributed by atoms with Gasteiger partial charge in [0.25, 0.3) is 10.0 Å². The maximum atomic E-state index is 12.8. The molecule has 0 spiro atoms. The highest BCUT2D eigenvalue weighted by molar-refractivity contribution is 7.92. The van der Waals surface area contributed by atoms with E-state index in [-0.39, 0.29) is 4.90 Å². The molecule has 0 amide bonds. The van der Waals surface area contributed by atoms with Crippen LogP contribution in [0, 0.1) is 0 Å². The van der Waals surface area contributed by atoms with Crippen molar-refractivity contribution >= 4 is 38.6 Å². The monoisotopic (exact) mass is 335 g/mol. The first-order valence-electron chi connectivity index (χ1n) is 6.43. The first kappa shape index (κ1) is 16.3. The summed E-state index contributed by atoms with van der Waals surface area (Å²) in [6.45, 7) is 0. The molecule has 0 saturated carbocycles. The van der Waals surface area contributed by atoms with Crippen molar-refractivity contribution in [2.24, 2.45) is 0 Å². The molecule has 0 atom stereocenters. The maximum Gasteiger partial charge on any atom is 0.264 e. The summed E-state index contributed by atoms with van der Waals surface area (Å²) < 4.78 is 26.7. The van der Waals surface area contributed by atoms with Gasteiger partial charge in [-0.15, -0.1) is 0 Å². The quantitative estimate of drug-likeness (QED) is 0.622. The first-order chi connectivity index (χ1) is 10.4. The molecule has 22 heavy (non-hydrogen) atoms. The summed E-state index contributed by atoms with van der Waals surface area (Å²) in [5.41, 5.74) is 0.953. The highest BCUT2D eigenvalue weighted by atomic mass is 35.5. The molecule has 0 aliphatic carbocycles. The van der Waals surface area contributed by atoms with Gasteiger partial charge in [-0.3, -0.25) is 9.10 Å². The fraction of sp³-hybridized carbons (Fsp3) is 0.0625. The third-order valence-corrected chi connectivity index (χ3v) is 5.06. The number of hydrogen-bond acceptors (Lipinski definition) is 3. The van der Waals surface area contributed by atoms with Crippen LogP contribution < -0.4 is 4.31 Å². The zero-order valence-electron chi connectivity index (χ0n) is 11.8. The molecule has 0 unspecified atom stereocenters. The fourth-order valence-electron chi connectivity index (χ4n) is 1.93. The van der Waals surface area contributed by atoms with E-state index >= 15 is 0 Å². The van der Waals surface area contributed by atoms with E-state index in [1.807, 2.05) is 6.07 Å². The van der Waals surface area contributed by atoms with Gasteiger partial charge in [-0.2, -0.15) is 0 Å². The number of halogens is 1. The van der Waals surface area contributed by atoms with Gasteiger partial charge in [0.05, 0.1) is 10.6 Å². The third kappa shape index (κ3) is 3.55. The van der Waals surface area contributed by atoms with Gasteiger partial charge in [-0.25, -0.2) is 8.42 Å². The van der Waals surface area contributed by atoms with Crippen LogP contribution in [-0.4, -0.2) is 20.7 Å². The van der Waals surface area contributed by atoms with E-state index in [0.29, 0.717) is 11.3 Å². The Morgan fingerprint density at radius 3 is 2.27 bits per heavy atom. The van der Waals surface area contributed by atoms with Gasteiger partial charge < -0.3 is 0 Å². The van der Waals surface area contributed by atoms with Gasteiger partial charge in [0.2, 0.25) is 5.24 Å². The number of benzene rings is 2. The minimum Gasteiger partial charge on any atom is -0.276 e. The molecule has 0 bridgehead atoms. The van der Waals surface area contributed by atoms with Crippen molar-refractivity contribution in [3.8, 4) is 0 Å². The maximum absolute atomic E-state index is 12.8. The van der Waals surface area contributed by atoms with Crippen molar-refractivity contribution in [1.82, 2.24) is 0 Å². The van der Waals surface area contributed by atoms with Gasteiger partial charge in [-0.05, 0) is 47.5 Å². The second-order valence-corrected chi connectivity index (χ2v) is 6.79. The number of para-hydroxylation sites is 1. The molecular weight excluding hydrogens is 322 g/mol. The predicted octanol–water partition coefficient (Wildman–Crippen LogP) is 3.29. The van der Waals surface area contributed by atoms with Crippen LogP contribution in [0.15, 0.2) is 65.6 Å². The van der Waals surface area contributed by atoms with Crippen LogP contribution >= 0.6 is 11.6 Å². The summed E-state index contributed by atoms with van der Waals surface area (Å²) in [5.74, 6) is 0. The SMILES string of the molecule is CN(c1ccccc1)S(=O)(=O)c1ccccc1C=CC(=O)Cl. The topological polar surface area (TPSA) is 54.5 Å². The molecule has 2 rings (SSSR count). The highest BCUT2D eigenvalue weighted by Crippen LogP contribution is 2.25. The molecule has 2 aromatic carbocycles. The van der Waals surface area contributed by atoms with E-state index in [9.17, 15) is 13.2 Å². The summed E-state index contributed by atoms with van der Waals surface area (Å²) in [4.78, 5) is 11.0. The number of hydrogen-bond donors (Lipinski definition) is 0. The van der Waals surface area contributed by atoms with Crippen LogP contribution in [-0.2, 0) is 14.8 Å². The molecule has 4 nitrogen and oxygen atoms in total. The Labute approximate surface area is 134 Å². The Bertz CT molecular complexity index is 801. The number of carbonyl (C=O) groups excluding carboxylic acids is 1. The molecule has 0 N–H and O–H groups in total. The van der Waals surface area contributed by atoms with Crippen LogP contribution in [0.1, 0.15) is 5.56 Å². The summed E-state index contributed by atoms with van der Waals surface area (Å²) in [7, 11) is -2.26. The van der Waals surface area contributed by atoms with Crippen LogP contribution in [0.2, 0.25) is 0 Å². The van der Waals surface area contributed by atoms with Crippen molar-refractivity contribution in [2.75, 3.05) is 11.4 Å². The number of allylic oxidation sites excluding steroid dienone is 1. The minimum atomic E-state index is -3.74. The minimum absolute atomic E-state index is 0.107. The van der Waals surface area contributed by atoms with Crippen molar-refractivity contribution in [2.45, 2.75) is 4.90 Å². The molecule has 2 aromatic rings. The van der Waals surface area contributed by atoms with Gasteiger partial charge >= 0.3 is 0 Å². The average Bonchev–Trinajstić information content (AvgIpc) is 2.53. The Kier molecular flexibility index (Phi) is 5.00. The fourth-order valence-corrected chi connectivity index (χ4v) is 3.37. The standard InChI is InChI=1S/C16H14ClNO3S/c1-18(14-8-3-2-4-9-14)22(20,21)15-10-6-5-7-13(15)11-12-16(17)19/h2-12H,1H3. The van der Waals surface area contributed by atoms with E-state index in [1.165, 1.54) is 23.5 Å². The lowest BCUT2D eigenvalue weighted by Gasteiger charge is -2.20. The normalized spacial score (nSPS) is 11.5. The smallest absolute Gasteiger partial charge is 0.264 e. The van der Waals surface area contributed by atoms with Crippen LogP contribution in [0.4, 0.5) is 5.69 Å². The summed E-state index contributed by atoms with van der Waals surface area (Å²) in [6.07, 6.45) is 2.51. The lowest BCUT2D eigenvalue weighted by molar-refractivity contribution is -0.107. The highest BCUT2D eigenvalue weighted by Gasteiger charge is 2.23. The Morgan fingerprint density at radius 2 is 1.64 bits per heavy atom. The van der Waals surface area contributed by atoms with Crippen molar-refractivity contribution in [3.05, 3.63) is 66.2 Å². The molecule has 0 aliphatic heterocycles. The van der Waals surface area contributed by atoms with Crippen LogP contribution in [0.25, 0.3) is 6.08 Å². The predicted molar refractivity (Wildman–Crippen MR) is 88.4 cm³/mol.